The Morgan fingerprint density at radius 2 is 1.02 bits per heavy atom. The molecule has 10 rings (SSSR count). The maximum absolute atomic E-state index is 13.2. The third-order valence-electron chi connectivity index (χ3n) is 18.4. The molecule has 2 aromatic heterocycles. The highest BCUT2D eigenvalue weighted by Crippen LogP contribution is 2.35. The van der Waals surface area contributed by atoms with Crippen molar-refractivity contribution >= 4 is 110 Å². The number of likely N-dealkylation sites (tertiary alicyclic amines) is 3. The third-order valence-corrected chi connectivity index (χ3v) is 20.0. The molecule has 25 nitrogen and oxygen atoms in total. The number of halogens is 4. The number of nitrogens with one attached hydrogen (secondary N) is 4. The van der Waals surface area contributed by atoms with Gasteiger partial charge in [-0.25, -0.2) is 29.5 Å². The zero-order valence-corrected chi connectivity index (χ0v) is 67.4. The molecule has 4 saturated heterocycles. The van der Waals surface area contributed by atoms with Crippen molar-refractivity contribution in [2.75, 3.05) is 114 Å². The number of allylic oxidation sites excluding steroid dienone is 1. The molecular formula is C79H104Cl4N14O11. The Labute approximate surface area is 655 Å². The molecule has 4 aromatic carbocycles. The van der Waals surface area contributed by atoms with Crippen LogP contribution in [0.15, 0.2) is 123 Å². The summed E-state index contributed by atoms with van der Waals surface area (Å²) in [5.74, 6) is 2.66. The largest absolute Gasteiger partial charge is 0.399 e. The minimum Gasteiger partial charge on any atom is -0.399 e. The van der Waals surface area contributed by atoms with E-state index in [0.717, 1.165) is 125 Å². The van der Waals surface area contributed by atoms with Gasteiger partial charge in [-0.2, -0.15) is 9.78 Å². The molecule has 4 aliphatic rings. The van der Waals surface area contributed by atoms with Crippen LogP contribution in [0.1, 0.15) is 113 Å². The predicted molar refractivity (Wildman–Crippen MR) is 428 cm³/mol. The van der Waals surface area contributed by atoms with Crippen LogP contribution in [-0.4, -0.2) is 175 Å². The molecule has 0 saturated carbocycles. The van der Waals surface area contributed by atoms with E-state index in [1.54, 1.807) is 36.1 Å². The molecule has 108 heavy (non-hydrogen) atoms. The van der Waals surface area contributed by atoms with Crippen LogP contribution in [0.5, 0.6) is 0 Å². The normalized spacial score (nSPS) is 16.0. The highest BCUT2D eigenvalue weighted by atomic mass is 35.5. The first-order valence-electron chi connectivity index (χ1n) is 35.3. The minimum absolute atomic E-state index is 0.0185. The maximum Gasteiger partial charge on any atom is 0.328 e. The van der Waals surface area contributed by atoms with Crippen molar-refractivity contribution in [3.05, 3.63) is 199 Å². The van der Waals surface area contributed by atoms with E-state index < -0.39 is 6.03 Å². The summed E-state index contributed by atoms with van der Waals surface area (Å²) in [7, 11) is 2.68. The van der Waals surface area contributed by atoms with Crippen molar-refractivity contribution in [3.63, 3.8) is 0 Å². The second-order valence-corrected chi connectivity index (χ2v) is 28.5. The number of hydrogen-bond acceptors (Lipinski definition) is 19. The van der Waals surface area contributed by atoms with E-state index >= 15 is 0 Å². The van der Waals surface area contributed by atoms with Crippen molar-refractivity contribution in [2.45, 2.75) is 108 Å². The van der Waals surface area contributed by atoms with Gasteiger partial charge in [-0.1, -0.05) is 83.8 Å². The summed E-state index contributed by atoms with van der Waals surface area (Å²) < 4.78 is 0. The van der Waals surface area contributed by atoms with E-state index in [4.69, 9.17) is 57.0 Å². The number of amides is 6. The summed E-state index contributed by atoms with van der Waals surface area (Å²) in [5.41, 5.74) is 16.7. The van der Waals surface area contributed by atoms with Gasteiger partial charge in [-0.05, 0) is 197 Å². The van der Waals surface area contributed by atoms with E-state index in [1.165, 1.54) is 51.7 Å². The van der Waals surface area contributed by atoms with Gasteiger partial charge in [0, 0.05) is 134 Å². The fourth-order valence-electron chi connectivity index (χ4n) is 12.1. The topological polar surface area (TPSA) is 298 Å². The Morgan fingerprint density at radius 3 is 1.44 bits per heavy atom. The van der Waals surface area contributed by atoms with Crippen molar-refractivity contribution in [3.8, 4) is 0 Å². The molecule has 6 amide bonds. The Bertz CT molecular complexity index is 4060. The van der Waals surface area contributed by atoms with Crippen molar-refractivity contribution < 1.29 is 53.1 Å². The Kier molecular flexibility index (Phi) is 36.8. The SMILES string of the molecule is C=C(CNC(=O)N(CCC(C)N1CC2CN(C(=O)c3c(C)ncnc3C)CC2C1)c1ccc(C)c(Cl)c1)OOC.C=C(NC(=O)N(CCC(C)=O)c1ccc(C)c(Cl)c1)OOC.C=CC(C)=O.CC(=O)CCNc1ccc(C)c(Cl)c1.Cc1ccc(N)cc1Cl.Cc1ncnc(C)c1C(=O)N1CC2CNCC2C1. The maximum atomic E-state index is 13.2. The van der Waals surface area contributed by atoms with Gasteiger partial charge in [0.15, 0.2) is 11.5 Å². The number of carbonyl (C=O) groups is 7. The van der Waals surface area contributed by atoms with E-state index in [2.05, 4.69) is 87.4 Å². The molecule has 0 aliphatic carbocycles. The van der Waals surface area contributed by atoms with Crippen LogP contribution in [0.3, 0.4) is 0 Å². The number of nitrogens with zero attached hydrogens (tertiary/aromatic N) is 9. The van der Waals surface area contributed by atoms with Crippen LogP contribution >= 0.6 is 46.4 Å². The lowest BCUT2D eigenvalue weighted by molar-refractivity contribution is -0.240. The number of Topliss-reactive ketones (excluding diaryl/α,β-unsaturated/α-hetero) is 2. The van der Waals surface area contributed by atoms with Crippen LogP contribution in [0, 0.1) is 79.1 Å². The number of aryl methyl sites for hydroxylation is 8. The smallest absolute Gasteiger partial charge is 0.328 e. The molecule has 6 heterocycles. The standard InChI is InChI=1S/C29H39ClN6O4.C15H19ClN2O4.C13H18N4O.C11H14ClNO.C7H8ClN.C4H6O/c1-18-7-8-25(11-26(18)30)36(29(38)31-12-20(3)40-39-6)10-9-19(2)34-13-23-15-35(16-24(23)14-34)28(37)27-21(4)32-17-33-22(27)5;1-10-5-6-13(9-14(10)16)18(8-7-11(2)19)15(20)17-12(3)22-21-4;1-8-12(9(2)16-7-15-8)13(18)17-5-10-3-14-4-11(10)6-17;1-8-3-4-10(7-11(8)12)13-6-5-9(2)14;1-5-2-3-6(9)4-7(5)8;1-3-4(2)5/h7-8,11,17,19,23-24H,3,9-10,12-16H2,1-2,4-6H3,(H,31,38);5-6,9H,3,7-8H2,1-2,4H3,(H,17,20);7,10-11,14H,3-6H2,1-2H3;3-4,7,13H,5-6H2,1-2H3;2-4H,9H2,1H3;3H,1H2,2H3. The number of anilines is 4. The molecule has 4 fully saturated rings. The summed E-state index contributed by atoms with van der Waals surface area (Å²) in [6, 6.07) is 21.6. The van der Waals surface area contributed by atoms with Crippen molar-refractivity contribution in [1.29, 1.82) is 0 Å². The van der Waals surface area contributed by atoms with Gasteiger partial charge in [0.2, 0.25) is 5.88 Å². The Balaban J connectivity index is 0.000000259. The molecule has 6 N–H and O–H groups in total. The van der Waals surface area contributed by atoms with Gasteiger partial charge >= 0.3 is 12.1 Å². The second-order valence-electron chi connectivity index (χ2n) is 26.9. The number of nitrogens with two attached hydrogens (primary N) is 1. The average molecular weight is 1570 g/mol. The van der Waals surface area contributed by atoms with Gasteiger partial charge < -0.3 is 41.3 Å². The minimum atomic E-state index is -0.497. The number of aromatic nitrogens is 4. The molecule has 29 heteroatoms. The number of urea groups is 2. The quantitative estimate of drug-likeness (QED) is 0.0131. The molecule has 5 atom stereocenters. The van der Waals surface area contributed by atoms with Crippen LogP contribution in [-0.2, 0) is 33.9 Å². The zero-order chi connectivity index (χ0) is 80.1. The van der Waals surface area contributed by atoms with E-state index in [-0.39, 0.29) is 66.6 Å². The highest BCUT2D eigenvalue weighted by molar-refractivity contribution is 6.32. The fourth-order valence-corrected chi connectivity index (χ4v) is 12.8. The Morgan fingerprint density at radius 1 is 0.593 bits per heavy atom. The molecular weight excluding hydrogens is 1460 g/mol. The van der Waals surface area contributed by atoms with Crippen molar-refractivity contribution in [2.24, 2.45) is 23.7 Å². The first-order valence-corrected chi connectivity index (χ1v) is 36.8. The number of carbonyl (C=O) groups excluding carboxylic acids is 7. The molecule has 0 radical (unpaired) electrons. The number of nitrogen functional groups attached to an aromatic ring is 1. The summed E-state index contributed by atoms with van der Waals surface area (Å²) in [4.78, 5) is 128. The van der Waals surface area contributed by atoms with Gasteiger partial charge in [0.05, 0.1) is 54.7 Å². The Hall–Kier alpha value is -9.05. The van der Waals surface area contributed by atoms with Crippen molar-refractivity contribution in [1.82, 2.24) is 50.6 Å². The summed E-state index contributed by atoms with van der Waals surface area (Å²) in [6.07, 6.45) is 5.84. The second kappa shape index (κ2) is 44.4. The van der Waals surface area contributed by atoms with Gasteiger partial charge in [0.1, 0.15) is 24.2 Å². The first kappa shape index (κ1) is 89.6. The monoisotopic (exact) mass is 1560 g/mol. The van der Waals surface area contributed by atoms with Gasteiger partial charge in [0.25, 0.3) is 11.8 Å². The van der Waals surface area contributed by atoms with Crippen LogP contribution in [0.4, 0.5) is 32.3 Å². The van der Waals surface area contributed by atoms with E-state index in [1.807, 2.05) is 114 Å². The van der Waals surface area contributed by atoms with E-state index in [9.17, 15) is 33.6 Å². The van der Waals surface area contributed by atoms with Crippen LogP contribution in [0.2, 0.25) is 20.1 Å². The fraction of sp³-hybridized carbons (Fsp3) is 0.430. The molecule has 584 valence electrons. The number of fused-ring (bicyclic) bond motifs is 2. The summed E-state index contributed by atoms with van der Waals surface area (Å²) in [5, 5.41) is 14.4. The summed E-state index contributed by atoms with van der Waals surface area (Å²) in [6.45, 7) is 41.0. The average Bonchev–Trinajstić information content (AvgIpc) is 1.63. The lowest BCUT2D eigenvalue weighted by Crippen LogP contribution is -2.44. The first-order chi connectivity index (χ1) is 51.2. The summed E-state index contributed by atoms with van der Waals surface area (Å²) >= 11 is 24.2. The van der Waals surface area contributed by atoms with E-state index in [0.29, 0.717) is 81.5 Å². The molecule has 0 bridgehead atoms. The predicted octanol–water partition coefficient (Wildman–Crippen LogP) is 13.8. The number of hydrogen-bond donors (Lipinski definition) is 5. The molecule has 0 spiro atoms. The van der Waals surface area contributed by atoms with Crippen LogP contribution in [0.25, 0.3) is 0 Å². The zero-order valence-electron chi connectivity index (χ0n) is 64.4. The number of ketones is 3. The lowest BCUT2D eigenvalue weighted by Gasteiger charge is -2.30. The molecule has 4 aliphatic heterocycles. The van der Waals surface area contributed by atoms with Crippen LogP contribution < -0.4 is 36.8 Å². The lowest BCUT2D eigenvalue weighted by atomic mass is 10.0. The van der Waals surface area contributed by atoms with Gasteiger partial charge in [-0.3, -0.25) is 44.0 Å². The number of rotatable bonds is 23. The number of benzene rings is 4. The van der Waals surface area contributed by atoms with Gasteiger partial charge in [-0.15, -0.1) is 0 Å². The molecule has 5 unspecified atom stereocenters. The molecule has 6 aromatic rings. The highest BCUT2D eigenvalue weighted by Gasteiger charge is 2.44. The third kappa shape index (κ3) is 28.2.